The molecule has 94 valence electrons. The fourth-order valence-electron chi connectivity index (χ4n) is 2.21. The Labute approximate surface area is 103 Å². The molecule has 1 heterocycles. The van der Waals surface area contributed by atoms with Crippen LogP contribution in [0, 0.1) is 5.41 Å². The van der Waals surface area contributed by atoms with Crippen LogP contribution in [-0.4, -0.2) is 41.9 Å². The lowest BCUT2D eigenvalue weighted by Crippen LogP contribution is -2.50. The van der Waals surface area contributed by atoms with E-state index in [1.54, 1.807) is 11.8 Å². The number of nitrogens with two attached hydrogens (primary N) is 1. The van der Waals surface area contributed by atoms with Crippen molar-refractivity contribution >= 4 is 17.7 Å². The molecule has 1 aliphatic heterocycles. The summed E-state index contributed by atoms with van der Waals surface area (Å²) in [7, 11) is 0. The van der Waals surface area contributed by atoms with Crippen LogP contribution in [0.4, 0.5) is 0 Å². The van der Waals surface area contributed by atoms with E-state index < -0.39 is 0 Å². The van der Waals surface area contributed by atoms with Crippen molar-refractivity contribution < 1.29 is 4.79 Å². The first-order chi connectivity index (χ1) is 7.46. The standard InChI is InChI=1S/C12H24N2OS/c1-12(2)6-4-7-14(9-12)11(15)10(13)5-8-16-3/h10H,4-9,13H2,1-3H3/t10-/m0/s1. The van der Waals surface area contributed by atoms with Gasteiger partial charge in [-0.05, 0) is 36.7 Å². The third-order valence-corrected chi connectivity index (χ3v) is 3.81. The lowest BCUT2D eigenvalue weighted by molar-refractivity contribution is -0.135. The fraction of sp³-hybridized carbons (Fsp3) is 0.917. The molecule has 0 saturated carbocycles. The molecule has 0 aromatic carbocycles. The average Bonchev–Trinajstić information content (AvgIpc) is 2.23. The fourth-order valence-corrected chi connectivity index (χ4v) is 2.70. The second-order valence-corrected chi connectivity index (χ2v) is 6.40. The number of hydrogen-bond donors (Lipinski definition) is 1. The highest BCUT2D eigenvalue weighted by Crippen LogP contribution is 2.28. The molecule has 1 atom stereocenters. The molecular formula is C12H24N2OS. The van der Waals surface area contributed by atoms with Crippen LogP contribution in [0.15, 0.2) is 0 Å². The lowest BCUT2D eigenvalue weighted by atomic mass is 9.84. The zero-order valence-corrected chi connectivity index (χ0v) is 11.5. The Bertz CT molecular complexity index is 243. The van der Waals surface area contributed by atoms with E-state index in [0.29, 0.717) is 0 Å². The molecule has 1 aliphatic rings. The molecule has 2 N–H and O–H groups in total. The molecule has 0 aromatic heterocycles. The van der Waals surface area contributed by atoms with Crippen molar-refractivity contribution in [1.82, 2.24) is 4.90 Å². The predicted molar refractivity (Wildman–Crippen MR) is 70.6 cm³/mol. The minimum atomic E-state index is -0.304. The number of hydrogen-bond acceptors (Lipinski definition) is 3. The van der Waals surface area contributed by atoms with Crippen molar-refractivity contribution in [3.8, 4) is 0 Å². The van der Waals surface area contributed by atoms with Gasteiger partial charge >= 0.3 is 0 Å². The molecular weight excluding hydrogens is 220 g/mol. The van der Waals surface area contributed by atoms with E-state index in [-0.39, 0.29) is 17.4 Å². The van der Waals surface area contributed by atoms with Crippen molar-refractivity contribution in [2.24, 2.45) is 11.1 Å². The highest BCUT2D eigenvalue weighted by atomic mass is 32.2. The first kappa shape index (κ1) is 13.8. The largest absolute Gasteiger partial charge is 0.341 e. The summed E-state index contributed by atoms with van der Waals surface area (Å²) >= 11 is 1.74. The molecule has 0 radical (unpaired) electrons. The van der Waals surface area contributed by atoms with Gasteiger partial charge in [-0.15, -0.1) is 0 Å². The van der Waals surface area contributed by atoms with Gasteiger partial charge in [-0.2, -0.15) is 11.8 Å². The molecule has 1 fully saturated rings. The van der Waals surface area contributed by atoms with Crippen LogP contribution in [0.5, 0.6) is 0 Å². The maximum absolute atomic E-state index is 12.1. The molecule has 1 saturated heterocycles. The van der Waals surface area contributed by atoms with Crippen molar-refractivity contribution in [2.75, 3.05) is 25.1 Å². The van der Waals surface area contributed by atoms with Crippen LogP contribution in [0.1, 0.15) is 33.1 Å². The number of thioether (sulfide) groups is 1. The SMILES string of the molecule is CSCC[C@H](N)C(=O)N1CCCC(C)(C)C1. The van der Waals surface area contributed by atoms with Crippen LogP contribution in [0.3, 0.4) is 0 Å². The van der Waals surface area contributed by atoms with Gasteiger partial charge in [0, 0.05) is 13.1 Å². The lowest BCUT2D eigenvalue weighted by Gasteiger charge is -2.39. The number of carbonyl (C=O) groups is 1. The molecule has 0 spiro atoms. The van der Waals surface area contributed by atoms with E-state index in [1.807, 2.05) is 11.2 Å². The van der Waals surface area contributed by atoms with Crippen molar-refractivity contribution in [1.29, 1.82) is 0 Å². The number of likely N-dealkylation sites (tertiary alicyclic amines) is 1. The monoisotopic (exact) mass is 244 g/mol. The van der Waals surface area contributed by atoms with Crippen LogP contribution in [-0.2, 0) is 4.79 Å². The van der Waals surface area contributed by atoms with E-state index in [0.717, 1.165) is 31.7 Å². The van der Waals surface area contributed by atoms with Gasteiger partial charge < -0.3 is 10.6 Å². The smallest absolute Gasteiger partial charge is 0.239 e. The summed E-state index contributed by atoms with van der Waals surface area (Å²) < 4.78 is 0. The Morgan fingerprint density at radius 1 is 1.56 bits per heavy atom. The molecule has 1 rings (SSSR count). The third kappa shape index (κ3) is 3.98. The summed E-state index contributed by atoms with van der Waals surface area (Å²) in [6.45, 7) is 6.19. The molecule has 0 aromatic rings. The Hall–Kier alpha value is -0.220. The molecule has 3 nitrogen and oxygen atoms in total. The van der Waals surface area contributed by atoms with Gasteiger partial charge in [-0.3, -0.25) is 4.79 Å². The van der Waals surface area contributed by atoms with Crippen LogP contribution < -0.4 is 5.73 Å². The summed E-state index contributed by atoms with van der Waals surface area (Å²) in [6.07, 6.45) is 5.14. The molecule has 16 heavy (non-hydrogen) atoms. The van der Waals surface area contributed by atoms with E-state index >= 15 is 0 Å². The summed E-state index contributed by atoms with van der Waals surface area (Å²) in [4.78, 5) is 14.0. The highest BCUT2D eigenvalue weighted by Gasteiger charge is 2.30. The minimum absolute atomic E-state index is 0.141. The molecule has 1 amide bonds. The molecule has 0 aliphatic carbocycles. The third-order valence-electron chi connectivity index (χ3n) is 3.16. The topological polar surface area (TPSA) is 46.3 Å². The zero-order valence-electron chi connectivity index (χ0n) is 10.7. The van der Waals surface area contributed by atoms with Gasteiger partial charge in [0.15, 0.2) is 0 Å². The average molecular weight is 244 g/mol. The number of nitrogens with zero attached hydrogens (tertiary/aromatic N) is 1. The van der Waals surface area contributed by atoms with Gasteiger partial charge in [0.25, 0.3) is 0 Å². The maximum atomic E-state index is 12.1. The number of carbonyl (C=O) groups excluding carboxylic acids is 1. The molecule has 4 heteroatoms. The highest BCUT2D eigenvalue weighted by molar-refractivity contribution is 7.98. The van der Waals surface area contributed by atoms with E-state index in [1.165, 1.54) is 6.42 Å². The van der Waals surface area contributed by atoms with Crippen molar-refractivity contribution in [3.63, 3.8) is 0 Å². The molecule has 0 bridgehead atoms. The minimum Gasteiger partial charge on any atom is -0.341 e. The summed E-state index contributed by atoms with van der Waals surface area (Å²) in [6, 6.07) is -0.304. The second kappa shape index (κ2) is 5.92. The van der Waals surface area contributed by atoms with E-state index in [2.05, 4.69) is 13.8 Å². The number of piperidine rings is 1. The van der Waals surface area contributed by atoms with Crippen molar-refractivity contribution in [3.05, 3.63) is 0 Å². The Balaban J connectivity index is 2.46. The van der Waals surface area contributed by atoms with E-state index in [9.17, 15) is 4.79 Å². The van der Waals surface area contributed by atoms with Crippen LogP contribution >= 0.6 is 11.8 Å². The number of rotatable bonds is 4. The maximum Gasteiger partial charge on any atom is 0.239 e. The number of amides is 1. The summed E-state index contributed by atoms with van der Waals surface area (Å²) in [5.74, 6) is 1.10. The summed E-state index contributed by atoms with van der Waals surface area (Å²) in [5.41, 5.74) is 6.18. The molecule has 0 unspecified atom stereocenters. The normalized spacial score (nSPS) is 21.9. The van der Waals surface area contributed by atoms with Crippen LogP contribution in [0.25, 0.3) is 0 Å². The van der Waals surface area contributed by atoms with Gasteiger partial charge in [0.2, 0.25) is 5.91 Å². The van der Waals surface area contributed by atoms with Gasteiger partial charge in [0.05, 0.1) is 6.04 Å². The van der Waals surface area contributed by atoms with Crippen LogP contribution in [0.2, 0.25) is 0 Å². The van der Waals surface area contributed by atoms with Crippen molar-refractivity contribution in [2.45, 2.75) is 39.2 Å². The Morgan fingerprint density at radius 3 is 2.81 bits per heavy atom. The van der Waals surface area contributed by atoms with Gasteiger partial charge in [0.1, 0.15) is 0 Å². The predicted octanol–water partition coefficient (Wildman–Crippen LogP) is 1.72. The first-order valence-electron chi connectivity index (χ1n) is 5.99. The Kier molecular flexibility index (Phi) is 5.12. The van der Waals surface area contributed by atoms with Gasteiger partial charge in [-0.25, -0.2) is 0 Å². The second-order valence-electron chi connectivity index (χ2n) is 5.42. The summed E-state index contributed by atoms with van der Waals surface area (Å²) in [5, 5.41) is 0. The van der Waals surface area contributed by atoms with E-state index in [4.69, 9.17) is 5.73 Å². The Morgan fingerprint density at radius 2 is 2.25 bits per heavy atom. The van der Waals surface area contributed by atoms with Gasteiger partial charge in [-0.1, -0.05) is 13.8 Å². The quantitative estimate of drug-likeness (QED) is 0.819. The zero-order chi connectivity index (χ0) is 12.2. The first-order valence-corrected chi connectivity index (χ1v) is 7.39.